The van der Waals surface area contributed by atoms with E-state index in [2.05, 4.69) is 55.8 Å². The van der Waals surface area contributed by atoms with Gasteiger partial charge in [0, 0.05) is 12.5 Å². The van der Waals surface area contributed by atoms with E-state index < -0.39 is 0 Å². The van der Waals surface area contributed by atoms with Gasteiger partial charge in [0.05, 0.1) is 24.2 Å². The summed E-state index contributed by atoms with van der Waals surface area (Å²) in [5, 5.41) is 3.08. The maximum absolute atomic E-state index is 12.4. The van der Waals surface area contributed by atoms with Crippen LogP contribution in [0.4, 0.5) is 0 Å². The van der Waals surface area contributed by atoms with Crippen molar-refractivity contribution >= 4 is 16.9 Å². The number of nitrogens with zero attached hydrogens (tertiary/aromatic N) is 2. The molecule has 0 aliphatic heterocycles. The Kier molecular flexibility index (Phi) is 7.50. The van der Waals surface area contributed by atoms with Gasteiger partial charge in [0.25, 0.3) is 0 Å². The lowest BCUT2D eigenvalue weighted by Gasteiger charge is -2.14. The summed E-state index contributed by atoms with van der Waals surface area (Å²) in [6.45, 7) is 10.2. The van der Waals surface area contributed by atoms with Gasteiger partial charge in [-0.15, -0.1) is 0 Å². The van der Waals surface area contributed by atoms with Crippen LogP contribution in [-0.4, -0.2) is 22.1 Å². The Balaban J connectivity index is 1.65. The van der Waals surface area contributed by atoms with Crippen LogP contribution in [0, 0.1) is 19.8 Å². The molecule has 30 heavy (non-hydrogen) atoms. The molecule has 3 rings (SSSR count). The number of nitrogens with one attached hydrogen (secondary N) is 1. The molecule has 2 aromatic carbocycles. The first-order chi connectivity index (χ1) is 14.5. The van der Waals surface area contributed by atoms with Crippen molar-refractivity contribution in [2.24, 2.45) is 5.92 Å². The molecule has 0 unspecified atom stereocenters. The zero-order valence-corrected chi connectivity index (χ0v) is 18.6. The lowest BCUT2D eigenvalue weighted by molar-refractivity contribution is -0.125. The van der Waals surface area contributed by atoms with Crippen molar-refractivity contribution in [3.63, 3.8) is 0 Å². The lowest BCUT2D eigenvalue weighted by atomic mass is 10.0. The predicted octanol–water partition coefficient (Wildman–Crippen LogP) is 5.17. The molecule has 0 saturated carbocycles. The van der Waals surface area contributed by atoms with E-state index in [0.717, 1.165) is 48.4 Å². The number of para-hydroxylation sites is 2. The van der Waals surface area contributed by atoms with Gasteiger partial charge in [0.15, 0.2) is 0 Å². The summed E-state index contributed by atoms with van der Waals surface area (Å²) in [5.41, 5.74) is 4.56. The van der Waals surface area contributed by atoms with Crippen LogP contribution in [0.25, 0.3) is 11.0 Å². The molecule has 3 aromatic rings. The van der Waals surface area contributed by atoms with Crippen LogP contribution in [0.1, 0.15) is 50.1 Å². The topological polar surface area (TPSA) is 56.2 Å². The summed E-state index contributed by atoms with van der Waals surface area (Å²) in [7, 11) is 0. The fourth-order valence-corrected chi connectivity index (χ4v) is 3.70. The van der Waals surface area contributed by atoms with Gasteiger partial charge in [0.1, 0.15) is 11.6 Å². The molecule has 5 heteroatoms. The molecule has 1 amide bonds. The lowest BCUT2D eigenvalue weighted by Crippen LogP contribution is -2.30. The average molecular weight is 408 g/mol. The van der Waals surface area contributed by atoms with Crippen LogP contribution in [0.3, 0.4) is 0 Å². The highest BCUT2D eigenvalue weighted by atomic mass is 16.5. The monoisotopic (exact) mass is 407 g/mol. The van der Waals surface area contributed by atoms with Gasteiger partial charge < -0.3 is 14.6 Å². The summed E-state index contributed by atoms with van der Waals surface area (Å²) in [6.07, 6.45) is 2.57. The van der Waals surface area contributed by atoms with Crippen molar-refractivity contribution in [2.45, 2.75) is 60.0 Å². The first-order valence-electron chi connectivity index (χ1n) is 10.9. The van der Waals surface area contributed by atoms with Gasteiger partial charge in [0.2, 0.25) is 5.91 Å². The molecular weight excluding hydrogens is 374 g/mol. The molecule has 1 N–H and O–H groups in total. The minimum absolute atomic E-state index is 0.0641. The second kappa shape index (κ2) is 10.3. The van der Waals surface area contributed by atoms with Crippen LogP contribution in [0.2, 0.25) is 0 Å². The smallest absolute Gasteiger partial charge is 0.223 e. The first-order valence-corrected chi connectivity index (χ1v) is 10.9. The third-order valence-corrected chi connectivity index (χ3v) is 5.78. The highest BCUT2D eigenvalue weighted by Crippen LogP contribution is 2.19. The van der Waals surface area contributed by atoms with Crippen molar-refractivity contribution in [1.29, 1.82) is 0 Å². The number of aryl methyl sites for hydroxylation is 3. The van der Waals surface area contributed by atoms with E-state index in [4.69, 9.17) is 9.72 Å². The Bertz CT molecular complexity index is 989. The van der Waals surface area contributed by atoms with E-state index in [1.807, 2.05) is 24.3 Å². The second-order valence-electron chi connectivity index (χ2n) is 7.85. The van der Waals surface area contributed by atoms with E-state index in [1.165, 1.54) is 11.1 Å². The van der Waals surface area contributed by atoms with Crippen molar-refractivity contribution in [3.05, 3.63) is 59.4 Å². The van der Waals surface area contributed by atoms with Crippen molar-refractivity contribution < 1.29 is 9.53 Å². The molecule has 1 aromatic heterocycles. The molecule has 0 spiro atoms. The summed E-state index contributed by atoms with van der Waals surface area (Å²) >= 11 is 0. The van der Waals surface area contributed by atoms with Crippen LogP contribution in [0.15, 0.2) is 42.5 Å². The number of benzene rings is 2. The van der Waals surface area contributed by atoms with Gasteiger partial charge in [-0.1, -0.05) is 32.0 Å². The van der Waals surface area contributed by atoms with E-state index >= 15 is 0 Å². The third kappa shape index (κ3) is 5.21. The number of fused-ring (bicyclic) bond motifs is 1. The van der Waals surface area contributed by atoms with Crippen LogP contribution in [0.5, 0.6) is 5.75 Å². The number of rotatable bonds is 10. The highest BCUT2D eigenvalue weighted by molar-refractivity contribution is 5.79. The second-order valence-corrected chi connectivity index (χ2v) is 7.85. The number of hydrogen-bond donors (Lipinski definition) is 1. The standard InChI is InChI=1S/C25H33N3O2/c1-5-20(6-2)25(29)26-17-24-27-22-10-7-8-11-23(22)28(24)14-9-15-30-21-13-12-18(3)19(4)16-21/h7-8,10-13,16,20H,5-6,9,14-15,17H2,1-4H3,(H,26,29). The molecule has 0 saturated heterocycles. The summed E-state index contributed by atoms with van der Waals surface area (Å²) in [4.78, 5) is 17.2. The molecule has 0 aliphatic carbocycles. The molecule has 5 nitrogen and oxygen atoms in total. The minimum atomic E-state index is 0.0641. The SMILES string of the molecule is CCC(CC)C(=O)NCc1nc2ccccc2n1CCCOc1ccc(C)c(C)c1. The first kappa shape index (κ1) is 21.9. The molecule has 0 fully saturated rings. The Hall–Kier alpha value is -2.82. The van der Waals surface area contributed by atoms with Gasteiger partial charge in [-0.25, -0.2) is 4.98 Å². The minimum Gasteiger partial charge on any atom is -0.494 e. The summed E-state index contributed by atoms with van der Waals surface area (Å²) in [6, 6.07) is 14.3. The third-order valence-electron chi connectivity index (χ3n) is 5.78. The van der Waals surface area contributed by atoms with Crippen molar-refractivity contribution in [3.8, 4) is 5.75 Å². The molecule has 160 valence electrons. The molecular formula is C25H33N3O2. The number of carbonyl (C=O) groups excluding carboxylic acids is 1. The summed E-state index contributed by atoms with van der Waals surface area (Å²) < 4.78 is 8.15. The largest absolute Gasteiger partial charge is 0.494 e. The average Bonchev–Trinajstić information content (AvgIpc) is 3.10. The maximum Gasteiger partial charge on any atom is 0.223 e. The van der Waals surface area contributed by atoms with Gasteiger partial charge in [-0.2, -0.15) is 0 Å². The quantitative estimate of drug-likeness (QED) is 0.472. The Morgan fingerprint density at radius 1 is 1.10 bits per heavy atom. The molecule has 1 heterocycles. The number of ether oxygens (including phenoxy) is 1. The van der Waals surface area contributed by atoms with E-state index in [9.17, 15) is 4.79 Å². The Morgan fingerprint density at radius 3 is 2.60 bits per heavy atom. The molecule has 0 aliphatic rings. The highest BCUT2D eigenvalue weighted by Gasteiger charge is 2.16. The normalized spacial score (nSPS) is 11.2. The summed E-state index contributed by atoms with van der Waals surface area (Å²) in [5.74, 6) is 1.97. The van der Waals surface area contributed by atoms with Gasteiger partial charge in [-0.3, -0.25) is 4.79 Å². The van der Waals surface area contributed by atoms with Crippen LogP contribution >= 0.6 is 0 Å². The Morgan fingerprint density at radius 2 is 1.87 bits per heavy atom. The number of carbonyl (C=O) groups is 1. The van der Waals surface area contributed by atoms with Crippen LogP contribution in [-0.2, 0) is 17.9 Å². The van der Waals surface area contributed by atoms with Gasteiger partial charge in [-0.05, 0) is 68.5 Å². The van der Waals surface area contributed by atoms with E-state index in [1.54, 1.807) is 0 Å². The number of aromatic nitrogens is 2. The fraction of sp³-hybridized carbons (Fsp3) is 0.440. The number of hydrogen-bond acceptors (Lipinski definition) is 3. The zero-order valence-electron chi connectivity index (χ0n) is 18.6. The van der Waals surface area contributed by atoms with E-state index in [-0.39, 0.29) is 11.8 Å². The zero-order chi connectivity index (χ0) is 21.5. The predicted molar refractivity (Wildman–Crippen MR) is 122 cm³/mol. The van der Waals surface area contributed by atoms with Crippen molar-refractivity contribution in [1.82, 2.24) is 14.9 Å². The number of amides is 1. The molecule has 0 bridgehead atoms. The fourth-order valence-electron chi connectivity index (χ4n) is 3.70. The van der Waals surface area contributed by atoms with Crippen LogP contribution < -0.4 is 10.1 Å². The molecule has 0 radical (unpaired) electrons. The number of imidazole rings is 1. The van der Waals surface area contributed by atoms with Gasteiger partial charge >= 0.3 is 0 Å². The molecule has 0 atom stereocenters. The van der Waals surface area contributed by atoms with E-state index in [0.29, 0.717) is 13.2 Å². The maximum atomic E-state index is 12.4. The Labute approximate surface area is 179 Å². The van der Waals surface area contributed by atoms with Crippen molar-refractivity contribution in [2.75, 3.05) is 6.61 Å².